The quantitative estimate of drug-likeness (QED) is 0.369. The Morgan fingerprint density at radius 3 is 2.19 bits per heavy atom. The number of ether oxygens (including phenoxy) is 2. The molecule has 1 amide bonds. The third-order valence-electron chi connectivity index (χ3n) is 6.79. The van der Waals surface area contributed by atoms with Gasteiger partial charge < -0.3 is 9.47 Å². The van der Waals surface area contributed by atoms with Crippen molar-refractivity contribution in [1.82, 2.24) is 5.01 Å². The summed E-state index contributed by atoms with van der Waals surface area (Å²) >= 11 is 0. The summed E-state index contributed by atoms with van der Waals surface area (Å²) in [4.78, 5) is 13.7. The molecule has 1 saturated carbocycles. The maximum Gasteiger partial charge on any atom is 0.274 e. The second kappa shape index (κ2) is 10.8. The van der Waals surface area contributed by atoms with E-state index in [1.54, 1.807) is 5.01 Å². The van der Waals surface area contributed by atoms with Crippen LogP contribution in [0.3, 0.4) is 0 Å². The maximum absolute atomic E-state index is 13.7. The van der Waals surface area contributed by atoms with Gasteiger partial charge in [-0.2, -0.15) is 5.10 Å². The molecule has 0 spiro atoms. The Kier molecular flexibility index (Phi) is 7.17. The molecule has 0 aromatic heterocycles. The molecule has 1 heterocycles. The van der Waals surface area contributed by atoms with Gasteiger partial charge in [0.15, 0.2) is 0 Å². The minimum atomic E-state index is -0.146. The molecule has 1 aliphatic heterocycles. The summed E-state index contributed by atoms with van der Waals surface area (Å²) in [7, 11) is 0. The molecule has 5 heteroatoms. The van der Waals surface area contributed by atoms with Crippen molar-refractivity contribution in [2.45, 2.75) is 39.2 Å². The van der Waals surface area contributed by atoms with Gasteiger partial charge in [0.05, 0.1) is 25.0 Å². The number of benzene rings is 3. The van der Waals surface area contributed by atoms with Crippen molar-refractivity contribution in [3.8, 4) is 11.5 Å². The van der Waals surface area contributed by atoms with Crippen molar-refractivity contribution >= 4 is 17.7 Å². The number of hydrogen-bond acceptors (Lipinski definition) is 4. The van der Waals surface area contributed by atoms with Crippen LogP contribution in [-0.4, -0.2) is 29.8 Å². The van der Waals surface area contributed by atoms with Crippen LogP contribution in [0, 0.1) is 5.92 Å². The lowest BCUT2D eigenvalue weighted by molar-refractivity contribution is 0.0681. The zero-order valence-corrected chi connectivity index (χ0v) is 20.9. The first-order chi connectivity index (χ1) is 17.7. The average molecular weight is 481 g/mol. The second-order valence-corrected chi connectivity index (χ2v) is 9.12. The molecule has 1 aliphatic carbocycles. The molecule has 0 radical (unpaired) electrons. The van der Waals surface area contributed by atoms with Crippen molar-refractivity contribution < 1.29 is 14.3 Å². The molecule has 2 atom stereocenters. The largest absolute Gasteiger partial charge is 0.494 e. The van der Waals surface area contributed by atoms with E-state index < -0.39 is 0 Å². The highest BCUT2D eigenvalue weighted by Gasteiger charge is 2.43. The van der Waals surface area contributed by atoms with Crippen LogP contribution in [0.2, 0.25) is 0 Å². The van der Waals surface area contributed by atoms with Crippen LogP contribution in [0.15, 0.2) is 89.5 Å². The Hall–Kier alpha value is -3.86. The van der Waals surface area contributed by atoms with E-state index >= 15 is 0 Å². The van der Waals surface area contributed by atoms with Gasteiger partial charge in [0.2, 0.25) is 0 Å². The zero-order valence-electron chi connectivity index (χ0n) is 20.9. The normalized spacial score (nSPS) is 20.1. The van der Waals surface area contributed by atoms with Crippen LogP contribution in [0.1, 0.15) is 60.6 Å². The summed E-state index contributed by atoms with van der Waals surface area (Å²) in [6.45, 7) is 5.24. The number of fused-ring (bicyclic) bond motifs is 1. The highest BCUT2D eigenvalue weighted by Crippen LogP contribution is 2.45. The Morgan fingerprint density at radius 2 is 1.56 bits per heavy atom. The highest BCUT2D eigenvalue weighted by atomic mass is 16.5. The molecule has 0 N–H and O–H groups in total. The van der Waals surface area contributed by atoms with Crippen molar-refractivity contribution in [2.75, 3.05) is 13.2 Å². The summed E-state index contributed by atoms with van der Waals surface area (Å²) in [5.41, 5.74) is 5.07. The summed E-state index contributed by atoms with van der Waals surface area (Å²) in [6.07, 6.45) is 5.22. The molecule has 0 saturated heterocycles. The van der Waals surface area contributed by atoms with Crippen LogP contribution in [0.4, 0.5) is 0 Å². The molecule has 2 aliphatic rings. The first-order valence-electron chi connectivity index (χ1n) is 12.8. The van der Waals surface area contributed by atoms with E-state index in [0.29, 0.717) is 18.8 Å². The van der Waals surface area contributed by atoms with Crippen LogP contribution in [-0.2, 0) is 0 Å². The predicted octanol–water partition coefficient (Wildman–Crippen LogP) is 6.92. The third kappa shape index (κ3) is 4.92. The molecule has 0 unspecified atom stereocenters. The minimum absolute atomic E-state index is 0.0724. The monoisotopic (exact) mass is 480 g/mol. The van der Waals surface area contributed by atoms with Gasteiger partial charge in [-0.25, -0.2) is 5.01 Å². The van der Waals surface area contributed by atoms with Crippen LogP contribution >= 0.6 is 0 Å². The standard InChI is InChI=1S/C31H32N2O3/c1-3-35-26-17-13-22(14-18-26)21-25-11-8-12-28-29(25)32-33(31(34)24-9-6-5-7-10-24)30(28)23-15-19-27(20-16-23)36-4-2/h5-7,9-10,13-21,28,30H,3-4,8,11-12H2,1-2H3/b25-21-/t28-,30-/m1/s1. The number of amides is 1. The first kappa shape index (κ1) is 23.9. The van der Waals surface area contributed by atoms with Gasteiger partial charge in [-0.05, 0) is 92.3 Å². The van der Waals surface area contributed by atoms with Crippen LogP contribution in [0.5, 0.6) is 11.5 Å². The van der Waals surface area contributed by atoms with Gasteiger partial charge in [-0.1, -0.05) is 42.5 Å². The number of allylic oxidation sites excluding steroid dienone is 1. The van der Waals surface area contributed by atoms with Gasteiger partial charge >= 0.3 is 0 Å². The molecule has 5 rings (SSSR count). The lowest BCUT2D eigenvalue weighted by Gasteiger charge is -2.29. The third-order valence-corrected chi connectivity index (χ3v) is 6.79. The topological polar surface area (TPSA) is 51.1 Å². The number of hydrazone groups is 1. The van der Waals surface area contributed by atoms with E-state index in [2.05, 4.69) is 30.3 Å². The Labute approximate surface area is 213 Å². The molecule has 3 aromatic rings. The molecule has 3 aromatic carbocycles. The Bertz CT molecular complexity index is 1250. The summed E-state index contributed by atoms with van der Waals surface area (Å²) in [5.74, 6) is 1.78. The van der Waals surface area contributed by atoms with Gasteiger partial charge in [0.1, 0.15) is 11.5 Å². The number of carbonyl (C=O) groups is 1. The summed E-state index contributed by atoms with van der Waals surface area (Å²) in [5, 5.41) is 6.71. The smallest absolute Gasteiger partial charge is 0.274 e. The van der Waals surface area contributed by atoms with E-state index in [1.165, 1.54) is 5.57 Å². The van der Waals surface area contributed by atoms with Gasteiger partial charge in [-0.3, -0.25) is 4.79 Å². The van der Waals surface area contributed by atoms with E-state index in [-0.39, 0.29) is 17.9 Å². The van der Waals surface area contributed by atoms with Gasteiger partial charge in [-0.15, -0.1) is 0 Å². The van der Waals surface area contributed by atoms with Crippen molar-refractivity contribution in [2.24, 2.45) is 11.0 Å². The van der Waals surface area contributed by atoms with Crippen molar-refractivity contribution in [3.05, 3.63) is 101 Å². The molecule has 1 fully saturated rings. The van der Waals surface area contributed by atoms with Crippen molar-refractivity contribution in [3.63, 3.8) is 0 Å². The molecular weight excluding hydrogens is 448 g/mol. The number of hydrogen-bond donors (Lipinski definition) is 0. The molecular formula is C31H32N2O3. The predicted molar refractivity (Wildman–Crippen MR) is 143 cm³/mol. The van der Waals surface area contributed by atoms with E-state index in [4.69, 9.17) is 14.6 Å². The number of rotatable bonds is 7. The molecule has 184 valence electrons. The minimum Gasteiger partial charge on any atom is -0.494 e. The van der Waals surface area contributed by atoms with E-state index in [0.717, 1.165) is 47.6 Å². The SMILES string of the molecule is CCOc1ccc(/C=C2/CCC[C@@H]3C2=NN(C(=O)c2ccccc2)[C@@H]3c2ccc(OCC)cc2)cc1. The summed E-state index contributed by atoms with van der Waals surface area (Å²) < 4.78 is 11.2. The average Bonchev–Trinajstić information content (AvgIpc) is 3.31. The van der Waals surface area contributed by atoms with E-state index in [9.17, 15) is 4.79 Å². The van der Waals surface area contributed by atoms with Crippen LogP contribution < -0.4 is 9.47 Å². The first-order valence-corrected chi connectivity index (χ1v) is 12.8. The molecule has 0 bridgehead atoms. The Balaban J connectivity index is 1.51. The molecule has 5 nitrogen and oxygen atoms in total. The lowest BCUT2D eigenvalue weighted by Crippen LogP contribution is -2.31. The fourth-order valence-corrected chi connectivity index (χ4v) is 5.17. The second-order valence-electron chi connectivity index (χ2n) is 9.12. The maximum atomic E-state index is 13.7. The van der Waals surface area contributed by atoms with Gasteiger partial charge in [0, 0.05) is 11.5 Å². The lowest BCUT2D eigenvalue weighted by atomic mass is 9.77. The zero-order chi connectivity index (χ0) is 24.9. The van der Waals surface area contributed by atoms with E-state index in [1.807, 2.05) is 68.4 Å². The fourth-order valence-electron chi connectivity index (χ4n) is 5.17. The summed E-state index contributed by atoms with van der Waals surface area (Å²) in [6, 6.07) is 25.6. The van der Waals surface area contributed by atoms with Crippen LogP contribution in [0.25, 0.3) is 6.08 Å². The van der Waals surface area contributed by atoms with Crippen molar-refractivity contribution in [1.29, 1.82) is 0 Å². The Morgan fingerprint density at radius 1 is 0.917 bits per heavy atom. The molecule has 36 heavy (non-hydrogen) atoms. The van der Waals surface area contributed by atoms with Gasteiger partial charge in [0.25, 0.3) is 5.91 Å². The number of carbonyl (C=O) groups excluding carboxylic acids is 1. The fraction of sp³-hybridized carbons (Fsp3) is 0.290. The number of nitrogens with zero attached hydrogens (tertiary/aromatic N) is 2. The highest BCUT2D eigenvalue weighted by molar-refractivity contribution is 6.09.